The molecule has 3 rings (SSSR count). The maximum absolute atomic E-state index is 12.4. The zero-order valence-electron chi connectivity index (χ0n) is 16.3. The molecule has 1 aliphatic heterocycles. The number of hydrogen-bond donors (Lipinski definition) is 1. The van der Waals surface area contributed by atoms with Gasteiger partial charge in [-0.1, -0.05) is 29.2 Å². The van der Waals surface area contributed by atoms with Gasteiger partial charge in [-0.2, -0.15) is 8.78 Å². The van der Waals surface area contributed by atoms with Crippen LogP contribution in [0.3, 0.4) is 0 Å². The van der Waals surface area contributed by atoms with E-state index in [2.05, 4.69) is 25.2 Å². The largest absolute Gasteiger partial charge is 0.493 e. The topological polar surface area (TPSA) is 85.8 Å². The van der Waals surface area contributed by atoms with Crippen LogP contribution >= 0.6 is 23.1 Å². The standard InChI is InChI=1S/C18H22F2N4O4S2/c1-26-14-10-12(2-3-13(14)28-16(19)20)4-5-21-15(25)11-29-18-23-22-17(30-18)24-6-8-27-9-7-24/h2-3,10,16H,4-9,11H2,1H3,(H,21,25). The molecule has 1 fully saturated rings. The summed E-state index contributed by atoms with van der Waals surface area (Å²) < 4.78 is 40.3. The predicted octanol–water partition coefficient (Wildman–Crippen LogP) is 2.44. The van der Waals surface area contributed by atoms with Gasteiger partial charge in [-0.15, -0.1) is 10.2 Å². The first-order chi connectivity index (χ1) is 14.5. The van der Waals surface area contributed by atoms with E-state index >= 15 is 0 Å². The number of thioether (sulfide) groups is 1. The minimum Gasteiger partial charge on any atom is -0.493 e. The molecule has 0 radical (unpaired) electrons. The molecule has 12 heteroatoms. The number of nitrogens with zero attached hydrogens (tertiary/aromatic N) is 3. The number of hydrogen-bond acceptors (Lipinski definition) is 9. The first kappa shape index (κ1) is 22.5. The lowest BCUT2D eigenvalue weighted by Crippen LogP contribution is -2.36. The number of morpholine rings is 1. The molecule has 2 aromatic rings. The van der Waals surface area contributed by atoms with Gasteiger partial charge in [-0.05, 0) is 24.1 Å². The summed E-state index contributed by atoms with van der Waals surface area (Å²) >= 11 is 2.80. The van der Waals surface area contributed by atoms with Crippen molar-refractivity contribution >= 4 is 34.1 Å². The van der Waals surface area contributed by atoms with Crippen LogP contribution in [0.15, 0.2) is 22.5 Å². The number of ether oxygens (including phenoxy) is 3. The Morgan fingerprint density at radius 1 is 1.33 bits per heavy atom. The van der Waals surface area contributed by atoms with Gasteiger partial charge in [0.2, 0.25) is 11.0 Å². The molecule has 0 aliphatic carbocycles. The van der Waals surface area contributed by atoms with Gasteiger partial charge in [-0.25, -0.2) is 0 Å². The molecule has 0 atom stereocenters. The number of anilines is 1. The molecular weight excluding hydrogens is 438 g/mol. The van der Waals surface area contributed by atoms with E-state index in [0.29, 0.717) is 26.2 Å². The first-order valence-electron chi connectivity index (χ1n) is 9.22. The van der Waals surface area contributed by atoms with Crippen LogP contribution < -0.4 is 19.7 Å². The Bertz CT molecular complexity index is 834. The number of rotatable bonds is 10. The van der Waals surface area contributed by atoms with Crippen molar-refractivity contribution in [1.82, 2.24) is 15.5 Å². The summed E-state index contributed by atoms with van der Waals surface area (Å²) in [6.07, 6.45) is 0.529. The van der Waals surface area contributed by atoms with Crippen molar-refractivity contribution in [2.45, 2.75) is 17.4 Å². The van der Waals surface area contributed by atoms with Crippen molar-refractivity contribution in [3.05, 3.63) is 23.8 Å². The highest BCUT2D eigenvalue weighted by Crippen LogP contribution is 2.30. The van der Waals surface area contributed by atoms with Crippen molar-refractivity contribution in [1.29, 1.82) is 0 Å². The van der Waals surface area contributed by atoms with Crippen LogP contribution in [0, 0.1) is 0 Å². The van der Waals surface area contributed by atoms with Gasteiger partial charge < -0.3 is 24.4 Å². The molecule has 2 heterocycles. The van der Waals surface area contributed by atoms with E-state index < -0.39 is 6.61 Å². The Kier molecular flexibility index (Phi) is 8.46. The van der Waals surface area contributed by atoms with Crippen LogP contribution in [-0.4, -0.2) is 68.4 Å². The number of carbonyl (C=O) groups is 1. The quantitative estimate of drug-likeness (QED) is 0.541. The van der Waals surface area contributed by atoms with Crippen molar-refractivity contribution in [2.75, 3.05) is 50.6 Å². The molecule has 1 N–H and O–H groups in total. The molecule has 1 amide bonds. The highest BCUT2D eigenvalue weighted by molar-refractivity contribution is 8.01. The zero-order valence-corrected chi connectivity index (χ0v) is 17.9. The average molecular weight is 461 g/mol. The van der Waals surface area contributed by atoms with Gasteiger partial charge >= 0.3 is 6.61 Å². The van der Waals surface area contributed by atoms with E-state index in [9.17, 15) is 13.6 Å². The second kappa shape index (κ2) is 11.3. The number of nitrogens with one attached hydrogen (secondary N) is 1. The fourth-order valence-electron chi connectivity index (χ4n) is 2.73. The van der Waals surface area contributed by atoms with Crippen LogP contribution in [0.4, 0.5) is 13.9 Å². The number of halogens is 2. The molecule has 1 aliphatic rings. The normalized spacial score (nSPS) is 14.1. The summed E-state index contributed by atoms with van der Waals surface area (Å²) in [6, 6.07) is 4.71. The lowest BCUT2D eigenvalue weighted by molar-refractivity contribution is -0.118. The maximum atomic E-state index is 12.4. The Labute approximate surface area is 180 Å². The smallest absolute Gasteiger partial charge is 0.387 e. The lowest BCUT2D eigenvalue weighted by Gasteiger charge is -2.25. The Hall–Kier alpha value is -2.18. The summed E-state index contributed by atoms with van der Waals surface area (Å²) in [5.41, 5.74) is 0.834. The fraction of sp³-hybridized carbons (Fsp3) is 0.500. The molecule has 1 aromatic heterocycles. The predicted molar refractivity (Wildman–Crippen MR) is 110 cm³/mol. The number of amides is 1. The Morgan fingerprint density at radius 2 is 2.13 bits per heavy atom. The first-order valence-corrected chi connectivity index (χ1v) is 11.0. The van der Waals surface area contributed by atoms with Crippen molar-refractivity contribution in [3.63, 3.8) is 0 Å². The second-order valence-electron chi connectivity index (χ2n) is 6.20. The van der Waals surface area contributed by atoms with Crippen LogP contribution in [0.1, 0.15) is 5.56 Å². The minimum atomic E-state index is -2.92. The van der Waals surface area contributed by atoms with Crippen LogP contribution in [0.25, 0.3) is 0 Å². The SMILES string of the molecule is COc1cc(CCNC(=O)CSc2nnc(N3CCOCC3)s2)ccc1OC(F)F. The molecule has 0 bridgehead atoms. The van der Waals surface area contributed by atoms with Gasteiger partial charge in [0.05, 0.1) is 26.1 Å². The summed E-state index contributed by atoms with van der Waals surface area (Å²) in [5, 5.41) is 12.0. The molecule has 164 valence electrons. The number of benzene rings is 1. The molecule has 0 saturated carbocycles. The van der Waals surface area contributed by atoms with Crippen molar-refractivity contribution < 1.29 is 27.8 Å². The average Bonchev–Trinajstić information content (AvgIpc) is 3.22. The molecule has 8 nitrogen and oxygen atoms in total. The number of methoxy groups -OCH3 is 1. The minimum absolute atomic E-state index is 0.0230. The van der Waals surface area contributed by atoms with Crippen LogP contribution in [0.5, 0.6) is 11.5 Å². The number of carbonyl (C=O) groups excluding carboxylic acids is 1. The highest BCUT2D eigenvalue weighted by atomic mass is 32.2. The monoisotopic (exact) mass is 460 g/mol. The maximum Gasteiger partial charge on any atom is 0.387 e. The van der Waals surface area contributed by atoms with E-state index in [1.807, 2.05) is 0 Å². The van der Waals surface area contributed by atoms with E-state index in [1.165, 1.54) is 36.3 Å². The van der Waals surface area contributed by atoms with Gasteiger partial charge in [0.15, 0.2) is 15.8 Å². The fourth-order valence-corrected chi connectivity index (χ4v) is 4.45. The summed E-state index contributed by atoms with van der Waals surface area (Å²) in [4.78, 5) is 14.2. The molecule has 0 unspecified atom stereocenters. The van der Waals surface area contributed by atoms with Crippen molar-refractivity contribution in [2.24, 2.45) is 0 Å². The van der Waals surface area contributed by atoms with E-state index in [1.54, 1.807) is 12.1 Å². The second-order valence-corrected chi connectivity index (χ2v) is 8.38. The van der Waals surface area contributed by atoms with Gasteiger partial charge in [-0.3, -0.25) is 4.79 Å². The number of aromatic nitrogens is 2. The Balaban J connectivity index is 1.40. The van der Waals surface area contributed by atoms with Crippen LogP contribution in [0.2, 0.25) is 0 Å². The van der Waals surface area contributed by atoms with Gasteiger partial charge in [0.1, 0.15) is 0 Å². The third kappa shape index (κ3) is 6.67. The third-order valence-corrected chi connectivity index (χ3v) is 6.30. The zero-order chi connectivity index (χ0) is 21.3. The molecule has 1 saturated heterocycles. The van der Waals surface area contributed by atoms with E-state index in [0.717, 1.165) is 28.1 Å². The molecule has 0 spiro atoms. The van der Waals surface area contributed by atoms with E-state index in [4.69, 9.17) is 9.47 Å². The molecule has 30 heavy (non-hydrogen) atoms. The van der Waals surface area contributed by atoms with Crippen molar-refractivity contribution in [3.8, 4) is 11.5 Å². The molecule has 1 aromatic carbocycles. The van der Waals surface area contributed by atoms with Crippen LogP contribution in [-0.2, 0) is 16.0 Å². The Morgan fingerprint density at radius 3 is 2.87 bits per heavy atom. The summed E-state index contributed by atoms with van der Waals surface area (Å²) in [5.74, 6) is 0.322. The third-order valence-electron chi connectivity index (χ3n) is 4.18. The van der Waals surface area contributed by atoms with Gasteiger partial charge in [0.25, 0.3) is 0 Å². The van der Waals surface area contributed by atoms with E-state index in [-0.39, 0.29) is 23.2 Å². The van der Waals surface area contributed by atoms with Gasteiger partial charge in [0, 0.05) is 19.6 Å². The summed E-state index contributed by atoms with van der Waals surface area (Å²) in [7, 11) is 1.38. The summed E-state index contributed by atoms with van der Waals surface area (Å²) in [6.45, 7) is 0.433. The molecular formula is C18H22F2N4O4S2. The highest BCUT2D eigenvalue weighted by Gasteiger charge is 2.16. The number of alkyl halides is 2. The lowest BCUT2D eigenvalue weighted by atomic mass is 10.1.